The maximum absolute atomic E-state index is 6.25. The lowest BCUT2D eigenvalue weighted by Gasteiger charge is -2.23. The summed E-state index contributed by atoms with van der Waals surface area (Å²) in [4.78, 5) is 0. The van der Waals surface area contributed by atoms with Crippen LogP contribution in [0.4, 0.5) is 0 Å². The van der Waals surface area contributed by atoms with Crippen molar-refractivity contribution in [3.8, 4) is 0 Å². The first-order valence-electron chi connectivity index (χ1n) is 5.77. The van der Waals surface area contributed by atoms with E-state index in [1.54, 1.807) is 0 Å². The predicted octanol–water partition coefficient (Wildman–Crippen LogP) is 3.20. The molecule has 0 aromatic heterocycles. The van der Waals surface area contributed by atoms with Gasteiger partial charge in [0.1, 0.15) is 0 Å². The zero-order valence-electron chi connectivity index (χ0n) is 8.80. The summed E-state index contributed by atoms with van der Waals surface area (Å²) in [7, 11) is 0. The summed E-state index contributed by atoms with van der Waals surface area (Å²) < 4.78 is 0. The van der Waals surface area contributed by atoms with Gasteiger partial charge < -0.3 is 5.32 Å². The standard InChI is InChI=1S/C13H16ClN/c14-12-4-2-1-3-10(12)11-9-13(11)5-7-15-8-6-13/h1-4,11,15H,5-9H2. The molecule has 0 bridgehead atoms. The zero-order chi connectivity index (χ0) is 10.3. The number of benzene rings is 1. The molecule has 1 aromatic carbocycles. The van der Waals surface area contributed by atoms with E-state index in [-0.39, 0.29) is 0 Å². The van der Waals surface area contributed by atoms with Gasteiger partial charge in [0.2, 0.25) is 0 Å². The molecule has 1 aromatic rings. The maximum atomic E-state index is 6.25. The van der Waals surface area contributed by atoms with Crippen molar-refractivity contribution in [1.82, 2.24) is 5.32 Å². The third kappa shape index (κ3) is 1.58. The van der Waals surface area contributed by atoms with E-state index < -0.39 is 0 Å². The van der Waals surface area contributed by atoms with Crippen LogP contribution in [-0.4, -0.2) is 13.1 Å². The van der Waals surface area contributed by atoms with Crippen LogP contribution in [0.2, 0.25) is 5.02 Å². The molecule has 1 spiro atoms. The minimum atomic E-state index is 0.593. The number of hydrogen-bond donors (Lipinski definition) is 1. The minimum absolute atomic E-state index is 0.593. The third-order valence-electron chi connectivity index (χ3n) is 4.07. The van der Waals surface area contributed by atoms with Crippen molar-refractivity contribution in [2.24, 2.45) is 5.41 Å². The van der Waals surface area contributed by atoms with Crippen molar-refractivity contribution < 1.29 is 0 Å². The van der Waals surface area contributed by atoms with Crippen molar-refractivity contribution >= 4 is 11.6 Å². The molecule has 1 aliphatic carbocycles. The lowest BCUT2D eigenvalue weighted by molar-refractivity contribution is 0.342. The van der Waals surface area contributed by atoms with Crippen LogP contribution >= 0.6 is 11.6 Å². The fourth-order valence-electron chi connectivity index (χ4n) is 3.02. The van der Waals surface area contributed by atoms with E-state index in [9.17, 15) is 0 Å². The number of rotatable bonds is 1. The predicted molar refractivity (Wildman–Crippen MR) is 63.3 cm³/mol. The summed E-state index contributed by atoms with van der Waals surface area (Å²) in [6.07, 6.45) is 3.99. The highest BCUT2D eigenvalue weighted by atomic mass is 35.5. The molecule has 2 heteroatoms. The number of nitrogens with one attached hydrogen (secondary N) is 1. The van der Waals surface area contributed by atoms with Crippen LogP contribution in [0, 0.1) is 5.41 Å². The van der Waals surface area contributed by atoms with E-state index in [0.29, 0.717) is 5.41 Å². The zero-order valence-corrected chi connectivity index (χ0v) is 9.56. The molecule has 1 aliphatic heterocycles. The first-order valence-corrected chi connectivity index (χ1v) is 6.15. The Balaban J connectivity index is 1.84. The molecule has 1 N–H and O–H groups in total. The van der Waals surface area contributed by atoms with Crippen molar-refractivity contribution in [2.75, 3.05) is 13.1 Å². The van der Waals surface area contributed by atoms with Crippen molar-refractivity contribution in [1.29, 1.82) is 0 Å². The Hall–Kier alpha value is -0.530. The summed E-state index contributed by atoms with van der Waals surface area (Å²) in [6, 6.07) is 8.34. The van der Waals surface area contributed by atoms with E-state index in [2.05, 4.69) is 17.4 Å². The first-order chi connectivity index (χ1) is 7.32. The molecular formula is C13H16ClN. The quantitative estimate of drug-likeness (QED) is 0.768. The molecule has 1 heterocycles. The highest BCUT2D eigenvalue weighted by Crippen LogP contribution is 2.65. The first kappa shape index (κ1) is 9.68. The molecule has 1 unspecified atom stereocenters. The Morgan fingerprint density at radius 3 is 2.67 bits per heavy atom. The fraction of sp³-hybridized carbons (Fsp3) is 0.538. The van der Waals surface area contributed by atoms with Crippen LogP contribution < -0.4 is 5.32 Å². The van der Waals surface area contributed by atoms with Gasteiger partial charge in [-0.3, -0.25) is 0 Å². The Morgan fingerprint density at radius 1 is 1.20 bits per heavy atom. The van der Waals surface area contributed by atoms with Crippen LogP contribution in [0.25, 0.3) is 0 Å². The van der Waals surface area contributed by atoms with E-state index in [4.69, 9.17) is 11.6 Å². The van der Waals surface area contributed by atoms with E-state index in [1.165, 1.54) is 37.9 Å². The third-order valence-corrected chi connectivity index (χ3v) is 4.41. The molecular weight excluding hydrogens is 206 g/mol. The molecule has 0 amide bonds. The van der Waals surface area contributed by atoms with Gasteiger partial charge >= 0.3 is 0 Å². The summed E-state index contributed by atoms with van der Waals surface area (Å²) in [5, 5.41) is 4.39. The molecule has 15 heavy (non-hydrogen) atoms. The van der Waals surface area contributed by atoms with Gasteiger partial charge in [-0.25, -0.2) is 0 Å². The van der Waals surface area contributed by atoms with Crippen molar-refractivity contribution in [3.63, 3.8) is 0 Å². The number of piperidine rings is 1. The van der Waals surface area contributed by atoms with Crippen molar-refractivity contribution in [2.45, 2.75) is 25.2 Å². The average Bonchev–Trinajstić information content (AvgIpc) is 2.94. The second-order valence-electron chi connectivity index (χ2n) is 4.89. The topological polar surface area (TPSA) is 12.0 Å². The fourth-order valence-corrected chi connectivity index (χ4v) is 3.29. The Kier molecular flexibility index (Phi) is 2.26. The molecule has 2 aliphatic rings. The normalized spacial score (nSPS) is 27.9. The Bertz CT molecular complexity index is 369. The molecule has 2 fully saturated rings. The summed E-state index contributed by atoms with van der Waals surface area (Å²) in [5.41, 5.74) is 1.97. The molecule has 1 nitrogen and oxygen atoms in total. The van der Waals surface area contributed by atoms with Gasteiger partial charge in [-0.05, 0) is 55.3 Å². The second kappa shape index (κ2) is 3.50. The monoisotopic (exact) mass is 221 g/mol. The van der Waals surface area contributed by atoms with E-state index in [0.717, 1.165) is 10.9 Å². The van der Waals surface area contributed by atoms with Gasteiger partial charge in [-0.2, -0.15) is 0 Å². The average molecular weight is 222 g/mol. The Labute approximate surface area is 95.8 Å². The molecule has 1 saturated heterocycles. The van der Waals surface area contributed by atoms with Gasteiger partial charge in [0, 0.05) is 5.02 Å². The van der Waals surface area contributed by atoms with E-state index in [1.807, 2.05) is 12.1 Å². The SMILES string of the molecule is Clc1ccccc1C1CC12CCNCC2. The lowest BCUT2D eigenvalue weighted by Crippen LogP contribution is -2.29. The summed E-state index contributed by atoms with van der Waals surface area (Å²) >= 11 is 6.25. The smallest absolute Gasteiger partial charge is 0.0441 e. The molecule has 3 rings (SSSR count). The van der Waals surface area contributed by atoms with Crippen LogP contribution in [0.5, 0.6) is 0 Å². The van der Waals surface area contributed by atoms with Crippen LogP contribution in [0.15, 0.2) is 24.3 Å². The number of halogens is 1. The van der Waals surface area contributed by atoms with Gasteiger partial charge in [0.25, 0.3) is 0 Å². The molecule has 1 saturated carbocycles. The second-order valence-corrected chi connectivity index (χ2v) is 5.30. The largest absolute Gasteiger partial charge is 0.317 e. The highest BCUT2D eigenvalue weighted by Gasteiger charge is 2.54. The van der Waals surface area contributed by atoms with Crippen LogP contribution in [0.3, 0.4) is 0 Å². The lowest BCUT2D eigenvalue weighted by atomic mass is 9.89. The van der Waals surface area contributed by atoms with Crippen molar-refractivity contribution in [3.05, 3.63) is 34.9 Å². The number of hydrogen-bond acceptors (Lipinski definition) is 1. The van der Waals surface area contributed by atoms with Gasteiger partial charge in [0.15, 0.2) is 0 Å². The van der Waals surface area contributed by atoms with Crippen LogP contribution in [0.1, 0.15) is 30.7 Å². The molecule has 0 radical (unpaired) electrons. The molecule has 80 valence electrons. The summed E-state index contributed by atoms with van der Waals surface area (Å²) in [5.74, 6) is 0.730. The summed E-state index contributed by atoms with van der Waals surface area (Å²) in [6.45, 7) is 2.36. The minimum Gasteiger partial charge on any atom is -0.317 e. The van der Waals surface area contributed by atoms with Gasteiger partial charge in [-0.1, -0.05) is 29.8 Å². The van der Waals surface area contributed by atoms with Gasteiger partial charge in [0.05, 0.1) is 0 Å². The molecule has 1 atom stereocenters. The van der Waals surface area contributed by atoms with Gasteiger partial charge in [-0.15, -0.1) is 0 Å². The van der Waals surface area contributed by atoms with Crippen LogP contribution in [-0.2, 0) is 0 Å². The van der Waals surface area contributed by atoms with E-state index >= 15 is 0 Å². The maximum Gasteiger partial charge on any atom is 0.0441 e. The highest BCUT2D eigenvalue weighted by molar-refractivity contribution is 6.31. The Morgan fingerprint density at radius 2 is 1.93 bits per heavy atom.